The monoisotopic (exact) mass is 535 g/mol. The van der Waals surface area contributed by atoms with Crippen molar-refractivity contribution in [3.05, 3.63) is 60.1 Å². The van der Waals surface area contributed by atoms with Crippen LogP contribution in [0.4, 0.5) is 5.82 Å². The van der Waals surface area contributed by atoms with Crippen LogP contribution in [0.25, 0.3) is 0 Å². The van der Waals surface area contributed by atoms with Gasteiger partial charge in [-0.25, -0.2) is 13.4 Å². The number of aromatic nitrogens is 2. The Morgan fingerprint density at radius 3 is 2.25 bits per heavy atom. The molecule has 0 saturated heterocycles. The lowest BCUT2D eigenvalue weighted by Gasteiger charge is -2.19. The summed E-state index contributed by atoms with van der Waals surface area (Å²) in [6, 6.07) is 6.46. The Morgan fingerprint density at radius 2 is 1.72 bits per heavy atom. The fraction of sp³-hybridized carbons (Fsp3) is 0.480. The van der Waals surface area contributed by atoms with Crippen molar-refractivity contribution in [1.29, 1.82) is 0 Å². The molecule has 1 amide bonds. The lowest BCUT2D eigenvalue weighted by molar-refractivity contribution is -0.117. The van der Waals surface area contributed by atoms with E-state index in [9.17, 15) is 17.8 Å². The molecule has 3 rings (SSSR count). The second-order valence-corrected chi connectivity index (χ2v) is 12.8. The maximum Gasteiger partial charge on any atom is 0.336 e. The average molecular weight is 536 g/mol. The van der Waals surface area contributed by atoms with Gasteiger partial charge in [0.2, 0.25) is 5.91 Å². The number of carbonyl (C=O) groups excluding carboxylic acids is 1. The number of benzene rings is 1. The molecule has 2 aromatic rings. The summed E-state index contributed by atoms with van der Waals surface area (Å²) in [5, 5.41) is 2.82. The summed E-state index contributed by atoms with van der Waals surface area (Å²) in [4.78, 5) is 22.0. The molecule has 0 saturated carbocycles. The van der Waals surface area contributed by atoms with Gasteiger partial charge in [0.25, 0.3) is 0 Å². The van der Waals surface area contributed by atoms with Gasteiger partial charge in [0, 0.05) is 6.26 Å². The number of amides is 1. The quantitative estimate of drug-likeness (QED) is 0.277. The number of nitrogens with zero attached hydrogens (tertiary/aromatic N) is 2. The van der Waals surface area contributed by atoms with Gasteiger partial charge in [0.1, 0.15) is 0 Å². The van der Waals surface area contributed by atoms with Gasteiger partial charge in [-0.3, -0.25) is 14.3 Å². The van der Waals surface area contributed by atoms with E-state index in [4.69, 9.17) is 9.05 Å². The number of sulfone groups is 1. The van der Waals surface area contributed by atoms with E-state index in [-0.39, 0.29) is 36.0 Å². The number of carbonyl (C=O) groups is 1. The normalized spacial score (nSPS) is 15.2. The number of allylic oxidation sites excluding steroid dienone is 2. The van der Waals surface area contributed by atoms with Crippen LogP contribution in [0, 0.1) is 5.92 Å². The van der Waals surface area contributed by atoms with Crippen LogP contribution in [-0.4, -0.2) is 43.8 Å². The smallest absolute Gasteiger partial charge is 0.309 e. The minimum Gasteiger partial charge on any atom is -0.309 e. The summed E-state index contributed by atoms with van der Waals surface area (Å²) < 4.78 is 47.0. The lowest BCUT2D eigenvalue weighted by Crippen LogP contribution is -2.22. The van der Waals surface area contributed by atoms with Gasteiger partial charge in [0.15, 0.2) is 15.7 Å². The molecular weight excluding hydrogens is 501 g/mol. The van der Waals surface area contributed by atoms with E-state index in [1.54, 1.807) is 26.0 Å². The van der Waals surface area contributed by atoms with E-state index in [2.05, 4.69) is 27.4 Å². The maximum absolute atomic E-state index is 13.3. The standard InChI is InChI=1S/C25H34N3O6PS/c1-4-33-35(30,34-5-2)18-21-16-27-24(17-26-21)28-25(29)23(15-10-19-8-6-7-9-19)20-11-13-22(14-12-20)36(3,31)32/h6-7,11-14,16-17,19,23H,4-5,8-10,15,18H2,1-3H3,(H,27,28,29)/t23-/m1/s1. The first-order valence-electron chi connectivity index (χ1n) is 12.1. The number of rotatable bonds is 13. The number of anilines is 1. The largest absolute Gasteiger partial charge is 0.336 e. The van der Waals surface area contributed by atoms with Crippen LogP contribution in [0.2, 0.25) is 0 Å². The molecule has 1 aromatic heterocycles. The van der Waals surface area contributed by atoms with Crippen molar-refractivity contribution < 1.29 is 26.8 Å². The fourth-order valence-electron chi connectivity index (χ4n) is 4.14. The molecule has 1 aliphatic carbocycles. The topological polar surface area (TPSA) is 125 Å². The third-order valence-electron chi connectivity index (χ3n) is 5.96. The molecule has 0 aliphatic heterocycles. The molecule has 11 heteroatoms. The summed E-state index contributed by atoms with van der Waals surface area (Å²) in [5.41, 5.74) is 1.17. The van der Waals surface area contributed by atoms with E-state index in [0.29, 0.717) is 18.0 Å². The predicted molar refractivity (Wildman–Crippen MR) is 139 cm³/mol. The molecule has 0 radical (unpaired) electrons. The average Bonchev–Trinajstić information content (AvgIpc) is 3.34. The van der Waals surface area contributed by atoms with Crippen molar-refractivity contribution in [2.75, 3.05) is 24.8 Å². The zero-order valence-electron chi connectivity index (χ0n) is 20.9. The summed E-state index contributed by atoms with van der Waals surface area (Å²) in [6.45, 7) is 3.99. The molecule has 0 spiro atoms. The first-order chi connectivity index (χ1) is 17.1. The second-order valence-electron chi connectivity index (χ2n) is 8.77. The number of nitrogens with one attached hydrogen (secondary N) is 1. The van der Waals surface area contributed by atoms with Crippen molar-refractivity contribution >= 4 is 29.2 Å². The van der Waals surface area contributed by atoms with Gasteiger partial charge < -0.3 is 14.4 Å². The molecule has 9 nitrogen and oxygen atoms in total. The molecule has 0 unspecified atom stereocenters. The Balaban J connectivity index is 1.73. The molecule has 1 heterocycles. The van der Waals surface area contributed by atoms with Gasteiger partial charge in [-0.1, -0.05) is 24.3 Å². The van der Waals surface area contributed by atoms with Crippen LogP contribution in [0.5, 0.6) is 0 Å². The third-order valence-corrected chi connectivity index (χ3v) is 9.10. The molecule has 1 atom stereocenters. The van der Waals surface area contributed by atoms with Crippen molar-refractivity contribution in [1.82, 2.24) is 9.97 Å². The van der Waals surface area contributed by atoms with Gasteiger partial charge >= 0.3 is 7.60 Å². The van der Waals surface area contributed by atoms with Crippen molar-refractivity contribution in [2.45, 2.75) is 56.5 Å². The van der Waals surface area contributed by atoms with Crippen molar-refractivity contribution in [2.24, 2.45) is 5.92 Å². The predicted octanol–water partition coefficient (Wildman–Crippen LogP) is 5.11. The fourth-order valence-corrected chi connectivity index (χ4v) is 6.38. The Hall–Kier alpha value is -2.39. The summed E-state index contributed by atoms with van der Waals surface area (Å²) in [5.74, 6) is 0.0500. The molecule has 1 N–H and O–H groups in total. The number of hydrogen-bond acceptors (Lipinski definition) is 8. The van der Waals surface area contributed by atoms with E-state index in [1.807, 2.05) is 0 Å². The van der Waals surface area contributed by atoms with Gasteiger partial charge in [-0.2, -0.15) is 0 Å². The van der Waals surface area contributed by atoms with Gasteiger partial charge in [-0.15, -0.1) is 0 Å². The molecule has 0 bridgehead atoms. The maximum atomic E-state index is 13.3. The first-order valence-corrected chi connectivity index (χ1v) is 15.7. The minimum absolute atomic E-state index is 0.0133. The van der Waals surface area contributed by atoms with E-state index >= 15 is 0 Å². The van der Waals surface area contributed by atoms with E-state index < -0.39 is 23.4 Å². The highest BCUT2D eigenvalue weighted by molar-refractivity contribution is 7.90. The minimum atomic E-state index is -3.33. The molecule has 1 aromatic carbocycles. The highest BCUT2D eigenvalue weighted by atomic mass is 32.2. The Morgan fingerprint density at radius 1 is 1.08 bits per heavy atom. The van der Waals surface area contributed by atoms with Crippen LogP contribution in [0.15, 0.2) is 53.7 Å². The summed E-state index contributed by atoms with van der Waals surface area (Å²) >= 11 is 0. The number of hydrogen-bond donors (Lipinski definition) is 1. The highest BCUT2D eigenvalue weighted by Crippen LogP contribution is 2.50. The van der Waals surface area contributed by atoms with E-state index in [0.717, 1.165) is 31.1 Å². The SMILES string of the molecule is CCOP(=O)(Cc1cnc(NC(=O)[C@H](CCC2CC=CC2)c2ccc(S(C)(=O)=O)cc2)cn1)OCC. The molecule has 1 aliphatic rings. The zero-order chi connectivity index (χ0) is 26.2. The van der Waals surface area contributed by atoms with Crippen LogP contribution in [-0.2, 0) is 34.4 Å². The first kappa shape index (κ1) is 28.2. The van der Waals surface area contributed by atoms with Crippen molar-refractivity contribution in [3.8, 4) is 0 Å². The summed E-state index contributed by atoms with van der Waals surface area (Å²) in [6.07, 6.45) is 11.8. The summed E-state index contributed by atoms with van der Waals surface area (Å²) in [7, 11) is -6.64. The third kappa shape index (κ3) is 8.06. The Kier molecular flexibility index (Phi) is 9.96. The Labute approximate surface area is 213 Å². The highest BCUT2D eigenvalue weighted by Gasteiger charge is 2.26. The zero-order valence-corrected chi connectivity index (χ0v) is 22.6. The van der Waals surface area contributed by atoms with Gasteiger partial charge in [0.05, 0.1) is 48.3 Å². The Bertz CT molecular complexity index is 1180. The molecule has 36 heavy (non-hydrogen) atoms. The van der Waals surface area contributed by atoms with Crippen LogP contribution >= 0.6 is 7.60 Å². The van der Waals surface area contributed by atoms with Gasteiger partial charge in [-0.05, 0) is 63.1 Å². The van der Waals surface area contributed by atoms with E-state index in [1.165, 1.54) is 24.5 Å². The molecular formula is C25H34N3O6PS. The van der Waals surface area contributed by atoms with Crippen LogP contribution < -0.4 is 5.32 Å². The molecule has 196 valence electrons. The second kappa shape index (κ2) is 12.7. The van der Waals surface area contributed by atoms with Crippen LogP contribution in [0.3, 0.4) is 0 Å². The molecule has 0 fully saturated rings. The van der Waals surface area contributed by atoms with Crippen LogP contribution in [0.1, 0.15) is 56.7 Å². The lowest BCUT2D eigenvalue weighted by atomic mass is 9.89. The van der Waals surface area contributed by atoms with Crippen molar-refractivity contribution in [3.63, 3.8) is 0 Å².